The van der Waals surface area contributed by atoms with E-state index >= 15 is 8.63 Å². The molecule has 1 aromatic heterocycles. The molecule has 2 aliphatic rings. The summed E-state index contributed by atoms with van der Waals surface area (Å²) in [5.74, 6) is 0. The van der Waals surface area contributed by atoms with Gasteiger partial charge in [0.1, 0.15) is 30.9 Å². The molecule has 8 nitrogen and oxygen atoms in total. The second kappa shape index (κ2) is 7.94. The predicted octanol–water partition coefficient (Wildman–Crippen LogP) is -4.71. The Balaban J connectivity index is 0.00000210. The second-order valence-corrected chi connectivity index (χ2v) is 9.27. The molecule has 0 bridgehead atoms. The first-order chi connectivity index (χ1) is 12.0. The number of rotatable bonds is 2. The second-order valence-electron chi connectivity index (χ2n) is 6.64. The van der Waals surface area contributed by atoms with Gasteiger partial charge >= 0.3 is 66.1 Å². The Kier molecular flexibility index (Phi) is 7.45. The van der Waals surface area contributed by atoms with Gasteiger partial charge < -0.3 is 26.7 Å². The Morgan fingerprint density at radius 2 is 1.38 bits per heavy atom. The van der Waals surface area contributed by atoms with Gasteiger partial charge in [0.2, 0.25) is 0 Å². The van der Waals surface area contributed by atoms with E-state index in [4.69, 9.17) is 0 Å². The number of allylic oxidation sites excluding steroid dienone is 3. The normalized spacial score (nSPS) is 18.4. The van der Waals surface area contributed by atoms with E-state index in [1.165, 1.54) is 20.8 Å². The first-order valence-corrected chi connectivity index (χ1v) is 10.6. The van der Waals surface area contributed by atoms with E-state index in [0.29, 0.717) is 8.96 Å². The summed E-state index contributed by atoms with van der Waals surface area (Å²) in [7, 11) is -10.0. The Morgan fingerprint density at radius 3 is 1.79 bits per heavy atom. The van der Waals surface area contributed by atoms with E-state index in [9.17, 15) is 25.9 Å². The van der Waals surface area contributed by atoms with Gasteiger partial charge in [-0.25, -0.2) is 16.8 Å². The minimum atomic E-state index is -5.02. The van der Waals surface area contributed by atoms with Crippen LogP contribution in [0.1, 0.15) is 37.7 Å². The van der Waals surface area contributed by atoms with Gasteiger partial charge in [-0.1, -0.05) is 0 Å². The van der Waals surface area contributed by atoms with Crippen LogP contribution in [-0.4, -0.2) is 47.6 Å². The van der Waals surface area contributed by atoms with Crippen molar-refractivity contribution in [2.24, 2.45) is 0 Å². The molecule has 0 spiro atoms. The predicted molar refractivity (Wildman–Crippen MR) is 91.2 cm³/mol. The van der Waals surface area contributed by atoms with Crippen molar-refractivity contribution in [1.29, 1.82) is 0 Å². The molecular weight excluding hydrogens is 451 g/mol. The van der Waals surface area contributed by atoms with Crippen molar-refractivity contribution in [3.8, 4) is 0 Å². The molecule has 0 radical (unpaired) electrons. The van der Waals surface area contributed by atoms with Crippen LogP contribution in [0.4, 0.5) is 8.63 Å². The summed E-state index contributed by atoms with van der Waals surface area (Å²) < 4.78 is 101. The molecule has 3 heterocycles. The third-order valence-corrected chi connectivity index (χ3v) is 7.29. The average molecular weight is 466 g/mol. The van der Waals surface area contributed by atoms with Crippen LogP contribution in [0.2, 0.25) is 0 Å². The standard InChI is InChI=1S/C14H17BF2N2O6S2.2Na/c1-6-11-7(2)13(26(20,21)22)9(4)18(11)15(16,17)19-10(5)14(27(23,24)25)8(3)12(6)19;;/h1-5H3,(H,20,21,22)(H,23,24,25);;/q;2*+1/p-2. The fourth-order valence-electron chi connectivity index (χ4n) is 4.34. The van der Waals surface area contributed by atoms with Crippen molar-refractivity contribution < 1.29 is 98.2 Å². The topological polar surface area (TPSA) is 122 Å². The van der Waals surface area contributed by atoms with E-state index in [1.54, 1.807) is 0 Å². The summed E-state index contributed by atoms with van der Waals surface area (Å²) in [6, 6.07) is 0. The summed E-state index contributed by atoms with van der Waals surface area (Å²) in [6.07, 6.45) is 0. The molecule has 0 aliphatic carbocycles. The third kappa shape index (κ3) is 3.71. The molecule has 3 rings (SSSR count). The zero-order chi connectivity index (χ0) is 20.9. The maximum absolute atomic E-state index is 15.4. The maximum Gasteiger partial charge on any atom is 1.00 e. The zero-order valence-electron chi connectivity index (χ0n) is 17.0. The fraction of sp³-hybridized carbons (Fsp3) is 0.357. The van der Waals surface area contributed by atoms with Crippen molar-refractivity contribution in [3.63, 3.8) is 0 Å². The number of aromatic nitrogens is 1. The molecule has 15 heteroatoms. The third-order valence-electron chi connectivity index (χ3n) is 5.09. The smallest absolute Gasteiger partial charge is 0.744 e. The fourth-order valence-corrected chi connectivity index (χ4v) is 6.20. The van der Waals surface area contributed by atoms with Crippen LogP contribution in [0.15, 0.2) is 21.1 Å². The molecule has 148 valence electrons. The van der Waals surface area contributed by atoms with Gasteiger partial charge in [-0.3, -0.25) is 0 Å². The number of halogens is 2. The maximum atomic E-state index is 15.4. The van der Waals surface area contributed by atoms with Gasteiger partial charge in [0, 0.05) is 29.5 Å². The van der Waals surface area contributed by atoms with Crippen molar-refractivity contribution in [2.75, 3.05) is 0 Å². The minimum absolute atomic E-state index is 0. The average Bonchev–Trinajstić information content (AvgIpc) is 2.87. The van der Waals surface area contributed by atoms with E-state index in [1.807, 2.05) is 0 Å². The SMILES string of the molecule is CC1=C(S(=O)(=O)[O-])C(C)=[N+]2C1=C(C)c1c(C)c(S(=O)(=O)[O-])c(C)n1[B-]2(F)F.[Na+].[Na+]. The Bertz CT molecular complexity index is 1250. The van der Waals surface area contributed by atoms with Crippen molar-refractivity contribution in [1.82, 2.24) is 4.48 Å². The molecule has 0 atom stereocenters. The van der Waals surface area contributed by atoms with Gasteiger partial charge in [-0.15, -0.1) is 0 Å². The molecule has 0 saturated carbocycles. The van der Waals surface area contributed by atoms with Crippen LogP contribution >= 0.6 is 0 Å². The summed E-state index contributed by atoms with van der Waals surface area (Å²) in [5, 5.41) is 0. The molecule has 0 N–H and O–H groups in total. The number of hydrogen-bond acceptors (Lipinski definition) is 6. The number of nitrogens with zero attached hydrogens (tertiary/aromatic N) is 2. The van der Waals surface area contributed by atoms with Gasteiger partial charge in [-0.05, 0) is 33.3 Å². The van der Waals surface area contributed by atoms with Crippen molar-refractivity contribution in [3.05, 3.63) is 33.1 Å². The van der Waals surface area contributed by atoms with Gasteiger partial charge in [0.25, 0.3) is 0 Å². The Hall–Kier alpha value is 0.175. The largest absolute Gasteiger partial charge is 1.00 e. The van der Waals surface area contributed by atoms with E-state index < -0.39 is 48.4 Å². The van der Waals surface area contributed by atoms with E-state index in [2.05, 4.69) is 0 Å². The van der Waals surface area contributed by atoms with Crippen LogP contribution < -0.4 is 59.1 Å². The molecule has 0 unspecified atom stereocenters. The summed E-state index contributed by atoms with van der Waals surface area (Å²) in [5.41, 5.74) is -1.36. The molecule has 0 fully saturated rings. The van der Waals surface area contributed by atoms with E-state index in [-0.39, 0.29) is 87.2 Å². The Labute approximate surface area is 211 Å². The number of hydrogen-bond donors (Lipinski definition) is 0. The van der Waals surface area contributed by atoms with Crippen molar-refractivity contribution in [2.45, 2.75) is 39.5 Å². The monoisotopic (exact) mass is 466 g/mol. The molecule has 1 aromatic rings. The Morgan fingerprint density at radius 1 is 0.897 bits per heavy atom. The van der Waals surface area contributed by atoms with E-state index in [0.717, 1.165) is 13.8 Å². The molecule has 2 aliphatic heterocycles. The number of fused-ring (bicyclic) bond motifs is 2. The minimum Gasteiger partial charge on any atom is -0.744 e. The van der Waals surface area contributed by atoms with Gasteiger partial charge in [0.05, 0.1) is 4.90 Å². The first-order valence-electron chi connectivity index (χ1n) is 7.76. The summed E-state index contributed by atoms with van der Waals surface area (Å²) >= 11 is 0. The summed E-state index contributed by atoms with van der Waals surface area (Å²) in [6.45, 7) is 1.33. The molecular formula is C14H15BF2N2Na2O6S2. The first kappa shape index (κ1) is 27.2. The van der Waals surface area contributed by atoms with Crippen LogP contribution in [0.3, 0.4) is 0 Å². The molecule has 0 aromatic carbocycles. The molecule has 29 heavy (non-hydrogen) atoms. The van der Waals surface area contributed by atoms with Crippen LogP contribution in [0.25, 0.3) is 5.57 Å². The quantitative estimate of drug-likeness (QED) is 0.319. The van der Waals surface area contributed by atoms with Gasteiger partial charge in [-0.2, -0.15) is 0 Å². The van der Waals surface area contributed by atoms with Crippen molar-refractivity contribution >= 4 is 38.5 Å². The van der Waals surface area contributed by atoms with Gasteiger partial charge in [0.15, 0.2) is 5.70 Å². The van der Waals surface area contributed by atoms with Crippen LogP contribution in [0, 0.1) is 13.8 Å². The molecule has 0 amide bonds. The van der Waals surface area contributed by atoms with Crippen LogP contribution in [0.5, 0.6) is 0 Å². The summed E-state index contributed by atoms with van der Waals surface area (Å²) in [4.78, 5) is -1.45. The zero-order valence-corrected chi connectivity index (χ0v) is 22.6. The molecule has 0 saturated heterocycles. The van der Waals surface area contributed by atoms with Crippen LogP contribution in [-0.2, 0) is 20.2 Å².